The van der Waals surface area contributed by atoms with Crippen molar-refractivity contribution < 1.29 is 37.3 Å². The van der Waals surface area contributed by atoms with Crippen LogP contribution in [0.25, 0.3) is 0 Å². The summed E-state index contributed by atoms with van der Waals surface area (Å²) in [6, 6.07) is 4.97. The number of carbonyl (C=O) groups is 1. The summed E-state index contributed by atoms with van der Waals surface area (Å²) in [6.45, 7) is 0.318. The second-order valence-corrected chi connectivity index (χ2v) is 11.0. The number of rotatable bonds is 7. The van der Waals surface area contributed by atoms with Gasteiger partial charge in [-0.1, -0.05) is 11.6 Å². The van der Waals surface area contributed by atoms with Crippen LogP contribution in [0.3, 0.4) is 0 Å². The highest BCUT2D eigenvalue weighted by Gasteiger charge is 2.70. The molecule has 0 unspecified atom stereocenters. The number of fused-ring (bicyclic) bond motifs is 1. The van der Waals surface area contributed by atoms with Crippen molar-refractivity contribution in [3.63, 3.8) is 0 Å². The number of nitrogens with one attached hydrogen (secondary N) is 1. The maximum absolute atomic E-state index is 12.9. The predicted octanol–water partition coefficient (Wildman–Crippen LogP) is 3.86. The summed E-state index contributed by atoms with van der Waals surface area (Å²) in [5.41, 5.74) is 0.102. The molecule has 2 atom stereocenters. The molecule has 4 aliphatic carbocycles. The number of alkyl halides is 3. The first kappa shape index (κ1) is 23.9. The van der Waals surface area contributed by atoms with Gasteiger partial charge in [-0.05, 0) is 56.2 Å². The first-order valence-electron chi connectivity index (χ1n) is 11.9. The highest BCUT2D eigenvalue weighted by molar-refractivity contribution is 6.30. The number of hydrogen-bond acceptors (Lipinski definition) is 6. The van der Waals surface area contributed by atoms with Gasteiger partial charge in [0.2, 0.25) is 0 Å². The number of amides is 1. The Morgan fingerprint density at radius 1 is 1.28 bits per heavy atom. The molecule has 1 aliphatic heterocycles. The van der Waals surface area contributed by atoms with E-state index in [2.05, 4.69) is 15.2 Å². The molecule has 4 fully saturated rings. The van der Waals surface area contributed by atoms with Crippen LogP contribution in [-0.2, 0) is 15.1 Å². The molecule has 2 heterocycles. The summed E-state index contributed by atoms with van der Waals surface area (Å²) >= 11 is 5.99. The normalized spacial score (nSPS) is 34.4. The van der Waals surface area contributed by atoms with Gasteiger partial charge in [-0.2, -0.15) is 5.10 Å². The van der Waals surface area contributed by atoms with Gasteiger partial charge in [-0.15, -0.1) is 13.2 Å². The Labute approximate surface area is 209 Å². The van der Waals surface area contributed by atoms with Gasteiger partial charge in [0.25, 0.3) is 5.91 Å². The molecule has 36 heavy (non-hydrogen) atoms. The molecular formula is C24H25ClF3N3O5. The van der Waals surface area contributed by atoms with E-state index in [0.717, 1.165) is 19.3 Å². The Kier molecular flexibility index (Phi) is 5.47. The van der Waals surface area contributed by atoms with Crippen LogP contribution in [0, 0.1) is 5.92 Å². The molecule has 2 bridgehead atoms. The lowest BCUT2D eigenvalue weighted by Crippen LogP contribution is -2.79. The van der Waals surface area contributed by atoms with Crippen LogP contribution in [0.2, 0.25) is 5.02 Å². The Morgan fingerprint density at radius 3 is 2.75 bits per heavy atom. The largest absolute Gasteiger partial charge is 0.522 e. The smallest absolute Gasteiger partial charge is 0.490 e. The summed E-state index contributed by atoms with van der Waals surface area (Å²) in [5, 5.41) is 18.5. The van der Waals surface area contributed by atoms with Crippen LogP contribution in [-0.4, -0.2) is 51.5 Å². The third-order valence-corrected chi connectivity index (χ3v) is 7.98. The molecule has 194 valence electrons. The Hall–Kier alpha value is -2.50. The molecule has 1 aromatic heterocycles. The first-order valence-corrected chi connectivity index (χ1v) is 12.3. The number of benzene rings is 1. The zero-order valence-corrected chi connectivity index (χ0v) is 19.9. The van der Waals surface area contributed by atoms with Crippen molar-refractivity contribution in [2.24, 2.45) is 5.92 Å². The third kappa shape index (κ3) is 4.31. The monoisotopic (exact) mass is 527 g/mol. The van der Waals surface area contributed by atoms with Gasteiger partial charge in [0.1, 0.15) is 5.75 Å². The Balaban J connectivity index is 0.973. The van der Waals surface area contributed by atoms with E-state index >= 15 is 0 Å². The molecule has 2 N–H and O–H groups in total. The molecule has 8 nitrogen and oxygen atoms in total. The molecular weight excluding hydrogens is 503 g/mol. The SMILES string of the molecule is O=C(NC12CC(n3cc(OCC4CC(OC(F)(F)F)C4)cn3)(C1)C2)[C@H]1C[C@@H](O)c2cc(Cl)ccc2O1. The minimum atomic E-state index is -4.60. The number of hydrogen-bond donors (Lipinski definition) is 2. The fraction of sp³-hybridized carbons (Fsp3) is 0.583. The minimum Gasteiger partial charge on any atom is -0.490 e. The molecule has 0 spiro atoms. The summed E-state index contributed by atoms with van der Waals surface area (Å²) < 4.78 is 54.1. The number of carbonyl (C=O) groups excluding carboxylic acids is 1. The topological polar surface area (TPSA) is 94.8 Å². The second-order valence-electron chi connectivity index (χ2n) is 10.5. The summed E-state index contributed by atoms with van der Waals surface area (Å²) in [4.78, 5) is 12.9. The van der Waals surface area contributed by atoms with E-state index in [9.17, 15) is 23.1 Å². The number of nitrogens with zero attached hydrogens (tertiary/aromatic N) is 2. The third-order valence-electron chi connectivity index (χ3n) is 7.74. The van der Waals surface area contributed by atoms with Crippen molar-refractivity contribution in [1.29, 1.82) is 0 Å². The van der Waals surface area contributed by atoms with Gasteiger partial charge >= 0.3 is 6.36 Å². The molecule has 7 rings (SSSR count). The maximum atomic E-state index is 12.9. The number of ether oxygens (including phenoxy) is 3. The molecule has 2 aromatic rings. The van der Waals surface area contributed by atoms with Crippen LogP contribution in [0.5, 0.6) is 11.5 Å². The zero-order chi connectivity index (χ0) is 25.3. The van der Waals surface area contributed by atoms with E-state index in [-0.39, 0.29) is 29.3 Å². The van der Waals surface area contributed by atoms with Crippen molar-refractivity contribution in [3.05, 3.63) is 41.2 Å². The van der Waals surface area contributed by atoms with Gasteiger partial charge in [0.15, 0.2) is 11.9 Å². The van der Waals surface area contributed by atoms with E-state index in [1.165, 1.54) is 0 Å². The quantitative estimate of drug-likeness (QED) is 0.568. The van der Waals surface area contributed by atoms with Crippen molar-refractivity contribution in [2.75, 3.05) is 6.61 Å². The van der Waals surface area contributed by atoms with Crippen molar-refractivity contribution in [2.45, 2.75) is 74.3 Å². The molecule has 12 heteroatoms. The molecule has 1 aromatic carbocycles. The minimum absolute atomic E-state index is 0.0265. The Morgan fingerprint density at radius 2 is 2.03 bits per heavy atom. The van der Waals surface area contributed by atoms with Crippen LogP contribution >= 0.6 is 11.6 Å². The van der Waals surface area contributed by atoms with Gasteiger partial charge in [-0.3, -0.25) is 14.2 Å². The molecule has 4 saturated carbocycles. The van der Waals surface area contributed by atoms with E-state index in [1.54, 1.807) is 30.6 Å². The van der Waals surface area contributed by atoms with Crippen LogP contribution in [0.15, 0.2) is 30.6 Å². The number of aliphatic hydroxyl groups is 1. The highest BCUT2D eigenvalue weighted by atomic mass is 35.5. The zero-order valence-electron chi connectivity index (χ0n) is 19.1. The Bertz CT molecular complexity index is 1160. The van der Waals surface area contributed by atoms with Crippen molar-refractivity contribution in [3.8, 4) is 11.5 Å². The lowest BCUT2D eigenvalue weighted by Gasteiger charge is -2.70. The first-order chi connectivity index (χ1) is 17.0. The second kappa shape index (κ2) is 8.26. The van der Waals surface area contributed by atoms with Crippen molar-refractivity contribution in [1.82, 2.24) is 15.1 Å². The lowest BCUT2D eigenvalue weighted by atomic mass is 9.44. The molecule has 0 radical (unpaired) electrons. The number of aliphatic hydroxyl groups excluding tert-OH is 1. The fourth-order valence-electron chi connectivity index (χ4n) is 5.98. The van der Waals surface area contributed by atoms with Crippen LogP contribution in [0.1, 0.15) is 50.2 Å². The molecule has 1 amide bonds. The van der Waals surface area contributed by atoms with E-state index in [1.807, 2.05) is 4.68 Å². The summed E-state index contributed by atoms with van der Waals surface area (Å²) in [5.74, 6) is 0.808. The van der Waals surface area contributed by atoms with Gasteiger partial charge in [-0.25, -0.2) is 0 Å². The molecule has 0 saturated heterocycles. The van der Waals surface area contributed by atoms with Gasteiger partial charge < -0.3 is 19.9 Å². The fourth-order valence-corrected chi connectivity index (χ4v) is 6.16. The standard InChI is InChI=1S/C24H25ClF3N3O5/c25-14-1-2-19-17(5-14)18(32)6-20(35-19)21(33)30-22-10-23(11-22,12-22)31-8-16(7-29-31)34-9-13-3-15(4-13)36-24(26,27)28/h1-2,5,7-8,13,15,18,20,32H,3-4,6,9-12H2,(H,30,33)/t13?,15?,18-,20-,22?,23?/m1/s1. The van der Waals surface area contributed by atoms with Crippen LogP contribution < -0.4 is 14.8 Å². The lowest BCUT2D eigenvalue weighted by molar-refractivity contribution is -0.354. The van der Waals surface area contributed by atoms with Gasteiger partial charge in [0.05, 0.1) is 36.7 Å². The van der Waals surface area contributed by atoms with Crippen LogP contribution in [0.4, 0.5) is 13.2 Å². The highest BCUT2D eigenvalue weighted by Crippen LogP contribution is 2.65. The number of aromatic nitrogens is 2. The van der Waals surface area contributed by atoms with Crippen molar-refractivity contribution >= 4 is 17.5 Å². The molecule has 5 aliphatic rings. The summed E-state index contributed by atoms with van der Waals surface area (Å²) in [6.07, 6.45) is -0.596. The van der Waals surface area contributed by atoms with E-state index < -0.39 is 24.7 Å². The predicted molar refractivity (Wildman–Crippen MR) is 120 cm³/mol. The van der Waals surface area contributed by atoms with E-state index in [4.69, 9.17) is 21.1 Å². The summed E-state index contributed by atoms with van der Waals surface area (Å²) in [7, 11) is 0. The average Bonchev–Trinajstić information content (AvgIpc) is 3.19. The average molecular weight is 528 g/mol. The van der Waals surface area contributed by atoms with Gasteiger partial charge in [0, 0.05) is 22.5 Å². The van der Waals surface area contributed by atoms with E-state index in [0.29, 0.717) is 41.5 Å². The maximum Gasteiger partial charge on any atom is 0.522 e. The number of halogens is 4.